The van der Waals surface area contributed by atoms with Crippen LogP contribution < -0.4 is 16.1 Å². The summed E-state index contributed by atoms with van der Waals surface area (Å²) in [5.41, 5.74) is 5.00. The first kappa shape index (κ1) is 26.8. The first-order valence-corrected chi connectivity index (χ1v) is 13.1. The largest absolute Gasteiger partial charge is 0.494 e. The number of hydrogen-bond acceptors (Lipinski definition) is 6. The predicted molar refractivity (Wildman–Crippen MR) is 150 cm³/mol. The van der Waals surface area contributed by atoms with Crippen molar-refractivity contribution < 1.29 is 13.7 Å². The lowest BCUT2D eigenvalue weighted by atomic mass is 9.96. The maximum Gasteiger partial charge on any atom is 0.439 e. The summed E-state index contributed by atoms with van der Waals surface area (Å²) >= 11 is 0. The number of aryl methyl sites for hydroxylation is 2. The maximum absolute atomic E-state index is 14.5. The number of hydrogen-bond donors (Lipinski definition) is 1. The van der Waals surface area contributed by atoms with E-state index in [-0.39, 0.29) is 11.3 Å². The Bertz CT molecular complexity index is 1770. The van der Waals surface area contributed by atoms with Crippen LogP contribution in [0.15, 0.2) is 80.8 Å². The smallest absolute Gasteiger partial charge is 0.439 e. The van der Waals surface area contributed by atoms with Crippen molar-refractivity contribution in [2.45, 2.75) is 39.5 Å². The lowest BCUT2D eigenvalue weighted by molar-refractivity contribution is 0.386. The van der Waals surface area contributed by atoms with Gasteiger partial charge in [-0.25, -0.2) is 14.2 Å². The molecule has 0 unspecified atom stereocenters. The molecule has 0 radical (unpaired) electrons. The van der Waals surface area contributed by atoms with Crippen molar-refractivity contribution in [2.24, 2.45) is 0 Å². The van der Waals surface area contributed by atoms with Gasteiger partial charge in [-0.2, -0.15) is 0 Å². The van der Waals surface area contributed by atoms with Gasteiger partial charge in [0, 0.05) is 23.6 Å². The molecule has 0 bridgehead atoms. The number of aromatic amines is 1. The molecule has 0 aliphatic rings. The van der Waals surface area contributed by atoms with E-state index in [4.69, 9.17) is 9.72 Å². The minimum absolute atomic E-state index is 0.110. The van der Waals surface area contributed by atoms with Gasteiger partial charge in [0.25, 0.3) is 5.56 Å². The third-order valence-electron chi connectivity index (χ3n) is 6.86. The molecule has 0 fully saturated rings. The normalized spacial score (nSPS) is 11.1. The minimum Gasteiger partial charge on any atom is -0.494 e. The summed E-state index contributed by atoms with van der Waals surface area (Å²) in [5.74, 6) is -0.199. The lowest BCUT2D eigenvalue weighted by Gasteiger charge is -2.16. The fourth-order valence-electron chi connectivity index (χ4n) is 4.84. The minimum atomic E-state index is -0.617. The van der Waals surface area contributed by atoms with E-state index >= 15 is 0 Å². The standard InChI is InChI=1S/C31H29FN4O4/c1-4-5-10-27-25(30(37)36(19(2)33-27)22-15-16-28(39-3)26(32)18-22)17-20-11-13-21(14-12-20)23-8-6-7-9-24(23)29-34-31(38)40-35-29/h6-9,11-16,18H,4-5,10,17H2,1-3H3,(H,34,35,38). The molecule has 5 rings (SSSR count). The molecule has 0 atom stereocenters. The summed E-state index contributed by atoms with van der Waals surface area (Å²) < 4.78 is 25.7. The van der Waals surface area contributed by atoms with Crippen molar-refractivity contribution in [1.29, 1.82) is 0 Å². The van der Waals surface area contributed by atoms with Gasteiger partial charge in [-0.05, 0) is 48.6 Å². The fraction of sp³-hybridized carbons (Fsp3) is 0.226. The van der Waals surface area contributed by atoms with E-state index in [1.807, 2.05) is 48.5 Å². The highest BCUT2D eigenvalue weighted by molar-refractivity contribution is 5.80. The van der Waals surface area contributed by atoms with E-state index in [9.17, 15) is 14.0 Å². The summed E-state index contributed by atoms with van der Waals surface area (Å²) in [6, 6.07) is 19.9. The van der Waals surface area contributed by atoms with Crippen LogP contribution in [-0.4, -0.2) is 26.8 Å². The topological polar surface area (TPSA) is 103 Å². The van der Waals surface area contributed by atoms with E-state index in [1.54, 1.807) is 13.0 Å². The number of benzene rings is 3. The van der Waals surface area contributed by atoms with Crippen molar-refractivity contribution >= 4 is 0 Å². The Morgan fingerprint density at radius 1 is 1.02 bits per heavy atom. The molecule has 8 nitrogen and oxygen atoms in total. The van der Waals surface area contributed by atoms with Crippen LogP contribution in [0.25, 0.3) is 28.2 Å². The van der Waals surface area contributed by atoms with Gasteiger partial charge in [-0.15, -0.1) is 0 Å². The van der Waals surface area contributed by atoms with E-state index in [0.717, 1.165) is 40.8 Å². The molecule has 3 aromatic carbocycles. The maximum atomic E-state index is 14.5. The Kier molecular flexibility index (Phi) is 7.72. The molecular weight excluding hydrogens is 511 g/mol. The third-order valence-corrected chi connectivity index (χ3v) is 6.86. The molecular formula is C31H29FN4O4. The first-order chi connectivity index (χ1) is 19.4. The lowest BCUT2D eigenvalue weighted by Crippen LogP contribution is -2.28. The molecule has 0 saturated carbocycles. The van der Waals surface area contributed by atoms with Gasteiger partial charge in [0.15, 0.2) is 17.4 Å². The Labute approximate surface area is 230 Å². The van der Waals surface area contributed by atoms with Crippen molar-refractivity contribution in [1.82, 2.24) is 19.7 Å². The van der Waals surface area contributed by atoms with E-state index in [2.05, 4.69) is 21.6 Å². The van der Waals surface area contributed by atoms with Gasteiger partial charge < -0.3 is 4.74 Å². The molecule has 2 heterocycles. The molecule has 204 valence electrons. The van der Waals surface area contributed by atoms with Gasteiger partial charge in [0.1, 0.15) is 5.82 Å². The molecule has 1 N–H and O–H groups in total. The summed E-state index contributed by atoms with van der Waals surface area (Å²) in [6.07, 6.45) is 2.93. The molecule has 0 saturated heterocycles. The van der Waals surface area contributed by atoms with Crippen molar-refractivity contribution in [3.8, 4) is 34.0 Å². The van der Waals surface area contributed by atoms with Crippen LogP contribution in [-0.2, 0) is 12.8 Å². The van der Waals surface area contributed by atoms with Crippen LogP contribution >= 0.6 is 0 Å². The molecule has 2 aromatic heterocycles. The van der Waals surface area contributed by atoms with Crippen LogP contribution in [0.2, 0.25) is 0 Å². The van der Waals surface area contributed by atoms with Crippen LogP contribution in [0.5, 0.6) is 5.75 Å². The Morgan fingerprint density at radius 3 is 2.42 bits per heavy atom. The fourth-order valence-corrected chi connectivity index (χ4v) is 4.84. The molecule has 0 aliphatic heterocycles. The third kappa shape index (κ3) is 5.36. The number of methoxy groups -OCH3 is 1. The van der Waals surface area contributed by atoms with E-state index in [1.165, 1.54) is 23.8 Å². The van der Waals surface area contributed by atoms with Gasteiger partial charge in [0.2, 0.25) is 0 Å². The van der Waals surface area contributed by atoms with Crippen LogP contribution in [0.4, 0.5) is 4.39 Å². The number of ether oxygens (including phenoxy) is 1. The van der Waals surface area contributed by atoms with Gasteiger partial charge in [-0.1, -0.05) is 67.0 Å². The average molecular weight is 541 g/mol. The molecule has 0 aliphatic carbocycles. The zero-order valence-electron chi connectivity index (χ0n) is 22.5. The van der Waals surface area contributed by atoms with Gasteiger partial charge in [0.05, 0.1) is 18.5 Å². The highest BCUT2D eigenvalue weighted by Crippen LogP contribution is 2.30. The monoisotopic (exact) mass is 540 g/mol. The second-order valence-electron chi connectivity index (χ2n) is 9.51. The Morgan fingerprint density at radius 2 is 1.77 bits per heavy atom. The summed E-state index contributed by atoms with van der Waals surface area (Å²) in [5, 5.41) is 3.83. The quantitative estimate of drug-likeness (QED) is 0.260. The van der Waals surface area contributed by atoms with Crippen LogP contribution in [0.1, 0.15) is 42.4 Å². The second-order valence-corrected chi connectivity index (χ2v) is 9.51. The highest BCUT2D eigenvalue weighted by atomic mass is 19.1. The number of halogens is 1. The number of nitrogens with one attached hydrogen (secondary N) is 1. The summed E-state index contributed by atoms with van der Waals surface area (Å²) in [6.45, 7) is 3.86. The van der Waals surface area contributed by atoms with Crippen molar-refractivity contribution in [3.63, 3.8) is 0 Å². The average Bonchev–Trinajstić information content (AvgIpc) is 3.40. The van der Waals surface area contributed by atoms with Gasteiger partial charge >= 0.3 is 5.76 Å². The second kappa shape index (κ2) is 11.5. The highest BCUT2D eigenvalue weighted by Gasteiger charge is 2.18. The number of nitrogens with zero attached hydrogens (tertiary/aromatic N) is 3. The molecule has 5 aromatic rings. The van der Waals surface area contributed by atoms with E-state index in [0.29, 0.717) is 35.7 Å². The predicted octanol–water partition coefficient (Wildman–Crippen LogP) is 5.63. The van der Waals surface area contributed by atoms with Crippen molar-refractivity contribution in [2.75, 3.05) is 7.11 Å². The summed E-state index contributed by atoms with van der Waals surface area (Å²) in [7, 11) is 1.40. The molecule has 0 spiro atoms. The SMILES string of the molecule is CCCCc1nc(C)n(-c2ccc(OC)c(F)c2)c(=O)c1Cc1ccc(-c2ccccc2-c2noc(=O)[nH]2)cc1. The zero-order chi connectivity index (χ0) is 28.2. The number of rotatable bonds is 9. The van der Waals surface area contributed by atoms with Crippen LogP contribution in [0, 0.1) is 12.7 Å². The first-order valence-electron chi connectivity index (χ1n) is 13.1. The molecule has 9 heteroatoms. The number of H-pyrrole nitrogens is 1. The summed E-state index contributed by atoms with van der Waals surface area (Å²) in [4.78, 5) is 32.7. The number of aromatic nitrogens is 4. The van der Waals surface area contributed by atoms with E-state index < -0.39 is 11.6 Å². The zero-order valence-corrected chi connectivity index (χ0v) is 22.5. The molecule has 40 heavy (non-hydrogen) atoms. The van der Waals surface area contributed by atoms with Gasteiger partial charge in [-0.3, -0.25) is 18.9 Å². The number of unbranched alkanes of at least 4 members (excludes halogenated alkanes) is 1. The van der Waals surface area contributed by atoms with Crippen molar-refractivity contribution in [3.05, 3.63) is 116 Å². The Hall–Kier alpha value is -4.79. The molecule has 0 amide bonds. The Balaban J connectivity index is 1.52. The van der Waals surface area contributed by atoms with Crippen LogP contribution in [0.3, 0.4) is 0 Å².